The Hall–Kier alpha value is -0.719. The van der Waals surface area contributed by atoms with E-state index in [1.807, 2.05) is 36.4 Å². The van der Waals surface area contributed by atoms with Gasteiger partial charge < -0.3 is 19.2 Å². The highest BCUT2D eigenvalue weighted by molar-refractivity contribution is 8.36. The Balaban J connectivity index is 0.000000312. The molecule has 1 aromatic heterocycles. The molecule has 1 N–H and O–H groups in total. The summed E-state index contributed by atoms with van der Waals surface area (Å²) in [6.07, 6.45) is -33.1. The zero-order valence-electron chi connectivity index (χ0n) is 54.4. The van der Waals surface area contributed by atoms with E-state index < -0.39 is 166 Å². The average Bonchev–Trinajstić information content (AvgIpc) is 1.72. The lowest BCUT2D eigenvalue weighted by Gasteiger charge is -2.58. The van der Waals surface area contributed by atoms with E-state index in [-0.39, 0.29) is 17.9 Å². The van der Waals surface area contributed by atoms with E-state index >= 15 is 0 Å². The van der Waals surface area contributed by atoms with Gasteiger partial charge in [0.05, 0.1) is 20.3 Å². The molecule has 2 atom stereocenters. The Bertz CT molecular complexity index is 2990. The summed E-state index contributed by atoms with van der Waals surface area (Å²) in [6.45, 7) is 1.36. The van der Waals surface area contributed by atoms with Gasteiger partial charge >= 0.3 is 0 Å². The van der Waals surface area contributed by atoms with E-state index in [1.165, 1.54) is 27.8 Å². The largest absolute Gasteiger partial charge is 0.497 e. The number of ether oxygens (including phenoxy) is 3. The SMILES string of the molecule is COc1ccc2[nH]c3c(c2c1)CC1c2cc(OC)c(OCc4ccccc4)cc2CCN1C3c1ccc(F)cc1.[B][B]B([B])B(B([B])[B])B(B(B(B([B])[B])B([B])[B])B(B([B])[B])B([B])[B])B(B(B(B([B])[B])B([B])[B])B(B([B])[B])B([B])[B])B(B(B([B])[B])B([B])[B])B(B([B])[B])B([B])[B]. The highest BCUT2D eigenvalue weighted by Crippen LogP contribution is 2.50. The minimum atomic E-state index is -1.42. The Morgan fingerprint density at radius 2 is 0.884 bits per heavy atom. The standard InChI is InChI=1S/C34H31FN2O3.B55/c1-38-25-12-13-29-27(17-25)28-18-30-26-19-31(39-2)32(40-20-21-6-4-3-5-7-21)16-23(26)14-15-37(30)34(33(28)36-29)22-8-10-24(35)11-9-22;1-29-43(28)50(42(26)27)54(51(44(30(2)3)31(4)5)45(32(6)7)33(8)9)55(52(46(34(10)11)35(12)13)47(36(14)15)37(16)17)53(48(38(18)19)39(20)21)49(40(22)23)41(24)25/h3-13,16-17,19,30,34,36H,14-15,18,20H2,1-2H3;. The number of benzene rings is 4. The second-order valence-electron chi connectivity index (χ2n) is 25.8. The van der Waals surface area contributed by atoms with Crippen molar-refractivity contribution in [2.45, 2.75) is 31.5 Å². The van der Waals surface area contributed by atoms with Crippen molar-refractivity contribution < 1.29 is 18.6 Å². The number of H-pyrrole nitrogens is 1. The van der Waals surface area contributed by atoms with Gasteiger partial charge in [-0.1, -0.05) is 42.5 Å². The maximum atomic E-state index is 14.0. The van der Waals surface area contributed by atoms with Crippen LogP contribution in [0.2, 0.25) is 0 Å². The zero-order chi connectivity index (χ0) is 70.9. The molecule has 0 saturated heterocycles. The number of hydrogen-bond acceptors (Lipinski definition) is 4. The molecule has 57 radical (unpaired) electrons. The molecule has 2 aliphatic heterocycles. The third kappa shape index (κ3) is 19.8. The van der Waals surface area contributed by atoms with Gasteiger partial charge in [-0.25, -0.2) is 4.39 Å². The molecular weight excluding hydrogens is 1100 g/mol. The molecule has 0 aliphatic carbocycles. The number of aromatic nitrogens is 1. The molecule has 5 aromatic rings. The first kappa shape index (κ1) is 83.2. The van der Waals surface area contributed by atoms with Crippen molar-refractivity contribution in [3.63, 3.8) is 0 Å². The first-order chi connectivity index (χ1) is 44.7. The molecule has 0 spiro atoms. The molecule has 0 fully saturated rings. The van der Waals surface area contributed by atoms with E-state index in [0.29, 0.717) is 6.61 Å². The average molecular weight is 1130 g/mol. The number of fused-ring (bicyclic) bond motifs is 6. The number of nitrogens with one attached hydrogen (secondary N) is 1. The number of rotatable bonds is 32. The molecule has 61 heteroatoms. The third-order valence-electron chi connectivity index (χ3n) is 19.7. The van der Waals surface area contributed by atoms with Gasteiger partial charge in [0.2, 0.25) is 0 Å². The van der Waals surface area contributed by atoms with Crippen LogP contribution in [0.3, 0.4) is 0 Å². The summed E-state index contributed by atoms with van der Waals surface area (Å²) in [7, 11) is 187. The third-order valence-corrected chi connectivity index (χ3v) is 19.7. The monoisotopic (exact) mass is 1140 g/mol. The molecule has 2 unspecified atom stereocenters. The molecule has 2 aliphatic rings. The highest BCUT2D eigenvalue weighted by atomic mass is 19.1. The van der Waals surface area contributed by atoms with Gasteiger partial charge in [-0.3, -0.25) is 4.90 Å². The topological polar surface area (TPSA) is 46.7 Å². The van der Waals surface area contributed by atoms with Crippen LogP contribution < -0.4 is 14.2 Å². The number of nitrogens with zero attached hydrogens (tertiary/aromatic N) is 1. The van der Waals surface area contributed by atoms with Crippen LogP contribution in [0.15, 0.2) is 84.9 Å². The maximum Gasteiger partial charge on any atom is 0.161 e. The fraction of sp³-hybridized carbons (Fsp3) is 0.235. The predicted octanol–water partition coefficient (Wildman–Crippen LogP) is -13.8. The van der Waals surface area contributed by atoms with Gasteiger partial charge in [0.1, 0.15) is 18.2 Å². The molecule has 0 bridgehead atoms. The zero-order valence-corrected chi connectivity index (χ0v) is 54.4. The Morgan fingerprint density at radius 3 is 1.27 bits per heavy atom. The van der Waals surface area contributed by atoms with Gasteiger partial charge in [-0.15, -0.1) is 0 Å². The number of hydrogen-bond donors (Lipinski definition) is 1. The summed E-state index contributed by atoms with van der Waals surface area (Å²) >= 11 is 0. The van der Waals surface area contributed by atoms with Crippen molar-refractivity contribution in [1.82, 2.24) is 9.88 Å². The molecule has 3 heterocycles. The lowest BCUT2D eigenvalue weighted by Crippen LogP contribution is -2.96. The number of aromatic amines is 1. The smallest absolute Gasteiger partial charge is 0.161 e. The van der Waals surface area contributed by atoms with E-state index in [0.717, 1.165) is 60.3 Å². The maximum absolute atomic E-state index is 14.0. The van der Waals surface area contributed by atoms with Crippen LogP contribution in [0.5, 0.6) is 17.2 Å². The molecule has 4 aromatic carbocycles. The normalized spacial score (nSPS) is 13.2. The number of halogens is 1. The van der Waals surface area contributed by atoms with Crippen molar-refractivity contribution in [2.75, 3.05) is 20.8 Å². The first-order valence-corrected chi connectivity index (χ1v) is 31.7. The van der Waals surface area contributed by atoms with Gasteiger partial charge in [-0.05, 0) is 83.1 Å². The lowest BCUT2D eigenvalue weighted by molar-refractivity contribution is 0.127. The highest BCUT2D eigenvalue weighted by Gasteiger charge is 2.61. The van der Waals surface area contributed by atoms with E-state index in [2.05, 4.69) is 46.3 Å². The molecule has 5 nitrogen and oxygen atoms in total. The van der Waals surface area contributed by atoms with Crippen molar-refractivity contribution in [3.8, 4) is 17.2 Å². The summed E-state index contributed by atoms with van der Waals surface area (Å²) in [5.74, 6) is 2.11. The van der Waals surface area contributed by atoms with Crippen LogP contribution >= 0.6 is 0 Å². The van der Waals surface area contributed by atoms with Crippen LogP contribution in [-0.2, 0) is 19.4 Å². The summed E-state index contributed by atoms with van der Waals surface area (Å²) in [5.41, 5.74) is 8.26. The predicted molar refractivity (Wildman–Crippen MR) is 470 cm³/mol. The van der Waals surface area contributed by atoms with Gasteiger partial charge in [0, 0.05) is 419 Å². The van der Waals surface area contributed by atoms with E-state index in [4.69, 9.17) is 231 Å². The Kier molecular flexibility index (Phi) is 33.0. The molecular formula is C34H31B55FN2O3. The summed E-state index contributed by atoms with van der Waals surface area (Å²) in [5, 5.41) is 1.17. The summed E-state index contributed by atoms with van der Waals surface area (Å²) in [6, 6.07) is 27.7. The van der Waals surface area contributed by atoms with Crippen LogP contribution in [0, 0.1) is 5.82 Å². The molecule has 7 rings (SSSR count). The van der Waals surface area contributed by atoms with E-state index in [9.17, 15) is 4.39 Å². The second kappa shape index (κ2) is 37.6. The molecule has 0 amide bonds. The van der Waals surface area contributed by atoms with Crippen LogP contribution in [0.4, 0.5) is 4.39 Å². The quantitative estimate of drug-likeness (QED) is 0.0436. The van der Waals surface area contributed by atoms with E-state index in [1.54, 1.807) is 26.4 Å². The van der Waals surface area contributed by atoms with Gasteiger partial charge in [-0.2, -0.15) is 0 Å². The summed E-state index contributed by atoms with van der Waals surface area (Å²) in [4.78, 5) is 6.27. The Labute approximate surface area is 617 Å². The first-order valence-electron chi connectivity index (χ1n) is 31.7. The fourth-order valence-electron chi connectivity index (χ4n) is 15.8. The molecule has 367 valence electrons. The van der Waals surface area contributed by atoms with Crippen molar-refractivity contribution in [3.05, 3.63) is 124 Å². The number of methoxy groups -OCH3 is 2. The van der Waals surface area contributed by atoms with Gasteiger partial charge in [0.25, 0.3) is 0 Å². The van der Waals surface area contributed by atoms with Crippen LogP contribution in [0.25, 0.3) is 10.9 Å². The van der Waals surface area contributed by atoms with Crippen LogP contribution in [-0.4, -0.2) is 420 Å². The van der Waals surface area contributed by atoms with Crippen LogP contribution in [0.1, 0.15) is 45.6 Å². The lowest BCUT2D eigenvalue weighted by atomic mass is 8.23. The second-order valence-corrected chi connectivity index (χ2v) is 25.8. The van der Waals surface area contributed by atoms with Crippen molar-refractivity contribution >= 4 is 401 Å². The molecule has 0 saturated carbocycles. The van der Waals surface area contributed by atoms with Gasteiger partial charge in [0.15, 0.2) is 11.5 Å². The fourth-order valence-corrected chi connectivity index (χ4v) is 15.8. The van der Waals surface area contributed by atoms with Crippen molar-refractivity contribution in [1.29, 1.82) is 0 Å². The minimum absolute atomic E-state index is 0.0269. The van der Waals surface area contributed by atoms with Crippen molar-refractivity contribution in [2.24, 2.45) is 0 Å². The molecule has 95 heavy (non-hydrogen) atoms. The minimum Gasteiger partial charge on any atom is -0.497 e. The Morgan fingerprint density at radius 1 is 0.474 bits per heavy atom. The summed E-state index contributed by atoms with van der Waals surface area (Å²) < 4.78 is 31.6.